The predicted octanol–water partition coefficient (Wildman–Crippen LogP) is 1.88. The molecule has 0 N–H and O–H groups in total. The molecule has 0 aliphatic heterocycles. The average Bonchev–Trinajstić information content (AvgIpc) is 2.65. The third kappa shape index (κ3) is 2.47. The first-order chi connectivity index (χ1) is 8.59. The third-order valence-electron chi connectivity index (χ3n) is 3.00. The van der Waals surface area contributed by atoms with Crippen LogP contribution < -0.4 is 10.4 Å². The fourth-order valence-corrected chi connectivity index (χ4v) is 1.95. The van der Waals surface area contributed by atoms with Crippen molar-refractivity contribution in [3.63, 3.8) is 0 Å². The van der Waals surface area contributed by atoms with Gasteiger partial charge in [-0.3, -0.25) is 4.57 Å². The SMILES string of the molecule is Cc1cccc(C)c1OCCn1ccn(C)c1=O. The van der Waals surface area contributed by atoms with Crippen LogP contribution in [0.2, 0.25) is 0 Å². The van der Waals surface area contributed by atoms with Crippen molar-refractivity contribution >= 4 is 0 Å². The maximum Gasteiger partial charge on any atom is 0.327 e. The molecule has 2 rings (SSSR count). The highest BCUT2D eigenvalue weighted by Crippen LogP contribution is 2.22. The Morgan fingerprint density at radius 1 is 1.17 bits per heavy atom. The van der Waals surface area contributed by atoms with Gasteiger partial charge >= 0.3 is 5.69 Å². The fraction of sp³-hybridized carbons (Fsp3) is 0.357. The molecule has 0 fully saturated rings. The van der Waals surface area contributed by atoms with E-state index in [0.29, 0.717) is 13.2 Å². The molecule has 0 bridgehead atoms. The van der Waals surface area contributed by atoms with E-state index >= 15 is 0 Å². The number of ether oxygens (including phenoxy) is 1. The molecular formula is C14H18N2O2. The lowest BCUT2D eigenvalue weighted by molar-refractivity contribution is 0.292. The number of nitrogens with zero attached hydrogens (tertiary/aromatic N) is 2. The molecule has 0 amide bonds. The van der Waals surface area contributed by atoms with Crippen molar-refractivity contribution < 1.29 is 4.74 Å². The molecule has 96 valence electrons. The Kier molecular flexibility index (Phi) is 3.55. The average molecular weight is 246 g/mol. The van der Waals surface area contributed by atoms with Gasteiger partial charge in [-0.05, 0) is 25.0 Å². The van der Waals surface area contributed by atoms with Gasteiger partial charge in [0, 0.05) is 19.4 Å². The molecule has 2 aromatic rings. The first-order valence-electron chi connectivity index (χ1n) is 6.00. The molecule has 0 aliphatic rings. The zero-order chi connectivity index (χ0) is 13.1. The van der Waals surface area contributed by atoms with Gasteiger partial charge in [-0.2, -0.15) is 0 Å². The summed E-state index contributed by atoms with van der Waals surface area (Å²) in [6.45, 7) is 5.11. The minimum absolute atomic E-state index is 0.0138. The van der Waals surface area contributed by atoms with Gasteiger partial charge in [0.2, 0.25) is 0 Å². The Morgan fingerprint density at radius 3 is 2.39 bits per heavy atom. The summed E-state index contributed by atoms with van der Waals surface area (Å²) < 4.78 is 8.97. The quantitative estimate of drug-likeness (QED) is 0.826. The van der Waals surface area contributed by atoms with Crippen LogP contribution in [0.3, 0.4) is 0 Å². The highest BCUT2D eigenvalue weighted by Gasteiger charge is 2.04. The van der Waals surface area contributed by atoms with E-state index in [1.807, 2.05) is 32.0 Å². The molecule has 1 heterocycles. The van der Waals surface area contributed by atoms with Crippen LogP contribution in [-0.4, -0.2) is 15.7 Å². The Labute approximate surface area is 106 Å². The van der Waals surface area contributed by atoms with E-state index < -0.39 is 0 Å². The van der Waals surface area contributed by atoms with Crippen molar-refractivity contribution in [2.75, 3.05) is 6.61 Å². The molecule has 4 nitrogen and oxygen atoms in total. The molecule has 0 saturated carbocycles. The van der Waals surface area contributed by atoms with Crippen molar-refractivity contribution in [3.8, 4) is 5.75 Å². The lowest BCUT2D eigenvalue weighted by Gasteiger charge is -2.11. The second-order valence-electron chi connectivity index (χ2n) is 4.45. The molecule has 4 heteroatoms. The summed E-state index contributed by atoms with van der Waals surface area (Å²) in [5.74, 6) is 0.918. The van der Waals surface area contributed by atoms with Crippen LogP contribution in [0.25, 0.3) is 0 Å². The first kappa shape index (κ1) is 12.5. The molecule has 0 saturated heterocycles. The number of aromatic nitrogens is 2. The number of rotatable bonds is 4. The van der Waals surface area contributed by atoms with Gasteiger partial charge in [0.05, 0.1) is 6.54 Å². The van der Waals surface area contributed by atoms with Crippen LogP contribution >= 0.6 is 0 Å². The standard InChI is InChI=1S/C14H18N2O2/c1-11-5-4-6-12(2)13(11)18-10-9-16-8-7-15(3)14(16)17/h4-8H,9-10H2,1-3H3. The van der Waals surface area contributed by atoms with Gasteiger partial charge in [0.15, 0.2) is 0 Å². The number of hydrogen-bond acceptors (Lipinski definition) is 2. The summed E-state index contributed by atoms with van der Waals surface area (Å²) in [5.41, 5.74) is 2.23. The van der Waals surface area contributed by atoms with Gasteiger partial charge in [0.25, 0.3) is 0 Å². The third-order valence-corrected chi connectivity index (χ3v) is 3.00. The number of hydrogen-bond donors (Lipinski definition) is 0. The highest BCUT2D eigenvalue weighted by atomic mass is 16.5. The maximum atomic E-state index is 11.6. The minimum Gasteiger partial charge on any atom is -0.491 e. The smallest absolute Gasteiger partial charge is 0.327 e. The largest absolute Gasteiger partial charge is 0.491 e. The summed E-state index contributed by atoms with van der Waals surface area (Å²) in [7, 11) is 1.74. The zero-order valence-electron chi connectivity index (χ0n) is 11.0. The lowest BCUT2D eigenvalue weighted by atomic mass is 10.1. The molecule has 18 heavy (non-hydrogen) atoms. The summed E-state index contributed by atoms with van der Waals surface area (Å²) >= 11 is 0. The van der Waals surface area contributed by atoms with Crippen LogP contribution in [0.1, 0.15) is 11.1 Å². The van der Waals surface area contributed by atoms with E-state index in [0.717, 1.165) is 16.9 Å². The molecule has 0 spiro atoms. The van der Waals surface area contributed by atoms with Crippen molar-refractivity contribution in [1.82, 2.24) is 9.13 Å². The summed E-state index contributed by atoms with van der Waals surface area (Å²) in [4.78, 5) is 11.6. The Hall–Kier alpha value is -1.97. The molecule has 0 radical (unpaired) electrons. The molecule has 0 atom stereocenters. The van der Waals surface area contributed by atoms with Crippen LogP contribution in [0, 0.1) is 13.8 Å². The van der Waals surface area contributed by atoms with E-state index in [9.17, 15) is 4.79 Å². The second-order valence-corrected chi connectivity index (χ2v) is 4.45. The number of aryl methyl sites for hydroxylation is 3. The second kappa shape index (κ2) is 5.12. The number of para-hydroxylation sites is 1. The van der Waals surface area contributed by atoms with Gasteiger partial charge in [-0.1, -0.05) is 18.2 Å². The van der Waals surface area contributed by atoms with Crippen LogP contribution in [-0.2, 0) is 13.6 Å². The molecule has 0 aliphatic carbocycles. The molecular weight excluding hydrogens is 228 g/mol. The summed E-state index contributed by atoms with van der Waals surface area (Å²) in [6, 6.07) is 6.06. The highest BCUT2D eigenvalue weighted by molar-refractivity contribution is 5.39. The van der Waals surface area contributed by atoms with Crippen LogP contribution in [0.5, 0.6) is 5.75 Å². The van der Waals surface area contributed by atoms with Crippen molar-refractivity contribution in [2.24, 2.45) is 7.05 Å². The van der Waals surface area contributed by atoms with Crippen molar-refractivity contribution in [1.29, 1.82) is 0 Å². The molecule has 1 aromatic heterocycles. The number of imidazole rings is 1. The van der Waals surface area contributed by atoms with Gasteiger partial charge in [0.1, 0.15) is 12.4 Å². The van der Waals surface area contributed by atoms with Crippen LogP contribution in [0.4, 0.5) is 0 Å². The molecule has 0 unspecified atom stereocenters. The van der Waals surface area contributed by atoms with E-state index in [4.69, 9.17) is 4.74 Å². The van der Waals surface area contributed by atoms with Crippen molar-refractivity contribution in [2.45, 2.75) is 20.4 Å². The van der Waals surface area contributed by atoms with E-state index in [-0.39, 0.29) is 5.69 Å². The predicted molar refractivity (Wildman–Crippen MR) is 71.1 cm³/mol. The van der Waals surface area contributed by atoms with Gasteiger partial charge in [-0.25, -0.2) is 4.79 Å². The monoisotopic (exact) mass is 246 g/mol. The Morgan fingerprint density at radius 2 is 1.83 bits per heavy atom. The topological polar surface area (TPSA) is 36.2 Å². The zero-order valence-corrected chi connectivity index (χ0v) is 11.0. The van der Waals surface area contributed by atoms with E-state index in [2.05, 4.69) is 0 Å². The van der Waals surface area contributed by atoms with Gasteiger partial charge < -0.3 is 9.30 Å². The first-order valence-corrected chi connectivity index (χ1v) is 6.00. The Balaban J connectivity index is 2.01. The summed E-state index contributed by atoms with van der Waals surface area (Å²) in [5, 5.41) is 0. The fourth-order valence-electron chi connectivity index (χ4n) is 1.95. The van der Waals surface area contributed by atoms with Crippen molar-refractivity contribution in [3.05, 3.63) is 52.2 Å². The minimum atomic E-state index is -0.0138. The number of benzene rings is 1. The Bertz CT molecular complexity index is 576. The van der Waals surface area contributed by atoms with E-state index in [1.54, 1.807) is 28.6 Å². The van der Waals surface area contributed by atoms with E-state index in [1.165, 1.54) is 0 Å². The lowest BCUT2D eigenvalue weighted by Crippen LogP contribution is -2.24. The normalized spacial score (nSPS) is 10.6. The summed E-state index contributed by atoms with van der Waals surface area (Å²) in [6.07, 6.45) is 3.53. The maximum absolute atomic E-state index is 11.6. The van der Waals surface area contributed by atoms with Crippen LogP contribution in [0.15, 0.2) is 35.4 Å². The van der Waals surface area contributed by atoms with Gasteiger partial charge in [-0.15, -0.1) is 0 Å². The molecule has 1 aromatic carbocycles.